The van der Waals surface area contributed by atoms with E-state index >= 15 is 0 Å². The first kappa shape index (κ1) is 42.8. The van der Waals surface area contributed by atoms with Crippen LogP contribution >= 0.6 is 0 Å². The highest BCUT2D eigenvalue weighted by Gasteiger charge is 2.25. The number of fused-ring (bicyclic) bond motifs is 18. The number of para-hydroxylation sites is 2. The molecular formula is C114H76O3. The minimum atomic E-state index is -0.786. The van der Waals surface area contributed by atoms with Gasteiger partial charge in [0.15, 0.2) is 0 Å². The number of hydrogen-bond donors (Lipinski definition) is 0. The van der Waals surface area contributed by atoms with Crippen LogP contribution < -0.4 is 0 Å². The van der Waals surface area contributed by atoms with Crippen molar-refractivity contribution < 1.29 is 58.5 Å². The highest BCUT2D eigenvalue weighted by Crippen LogP contribution is 2.52. The fraction of sp³-hybridized carbons (Fsp3) is 0.0351. The first-order valence-electron chi connectivity index (χ1n) is 54.2. The smallest absolute Gasteiger partial charge is 0.136 e. The third-order valence-corrected chi connectivity index (χ3v) is 21.8. The van der Waals surface area contributed by atoms with Crippen molar-refractivity contribution >= 4 is 152 Å². The Kier molecular flexibility index (Phi) is 10.3. The van der Waals surface area contributed by atoms with Crippen molar-refractivity contribution in [2.24, 2.45) is 0 Å². The van der Waals surface area contributed by atoms with Crippen molar-refractivity contribution in [1.29, 1.82) is 0 Å². The van der Waals surface area contributed by atoms with Crippen molar-refractivity contribution in [2.45, 2.75) is 26.2 Å². The lowest BCUT2D eigenvalue weighted by molar-refractivity contribution is 0.590. The molecule has 0 N–H and O–H groups in total. The first-order valence-corrected chi connectivity index (χ1v) is 37.7. The zero-order valence-electron chi connectivity index (χ0n) is 95.4. The lowest BCUT2D eigenvalue weighted by Gasteiger charge is -2.20. The van der Waals surface area contributed by atoms with E-state index in [0.717, 1.165) is 49.4 Å². The molecule has 24 aromatic rings. The first-order chi connectivity index (χ1) is 71.4. The molecule has 3 aromatic heterocycles. The van der Waals surface area contributed by atoms with Gasteiger partial charge in [-0.1, -0.05) is 360 Å². The van der Waals surface area contributed by atoms with Gasteiger partial charge in [0.25, 0.3) is 0 Å². The van der Waals surface area contributed by atoms with Crippen molar-refractivity contribution in [3.63, 3.8) is 0 Å². The molecule has 3 heteroatoms. The Balaban J connectivity index is 0.000000128. The molecule has 0 amide bonds. The zero-order chi connectivity index (χ0) is 107. The molecule has 0 aliphatic rings. The fourth-order valence-electron chi connectivity index (χ4n) is 16.6. The van der Waals surface area contributed by atoms with Gasteiger partial charge in [-0.15, -0.1) is 0 Å². The molecule has 0 unspecified atom stereocenters. The van der Waals surface area contributed by atoms with E-state index in [0.29, 0.717) is 77.6 Å². The van der Waals surface area contributed by atoms with Gasteiger partial charge in [-0.25, -0.2) is 0 Å². The normalized spacial score (nSPS) is 15.8. The van der Waals surface area contributed by atoms with Gasteiger partial charge in [0.05, 0.1) is 45.2 Å². The highest BCUT2D eigenvalue weighted by atomic mass is 16.3. The summed E-state index contributed by atoms with van der Waals surface area (Å²) in [6.45, 7) is 6.40. The summed E-state index contributed by atoms with van der Waals surface area (Å²) in [4.78, 5) is 0. The average molecular weight is 1530 g/mol. The highest BCUT2D eigenvalue weighted by molar-refractivity contribution is 6.29. The maximum absolute atomic E-state index is 9.74. The summed E-state index contributed by atoms with van der Waals surface area (Å²) in [5.41, 5.74) is 9.41. The molecule has 24 rings (SSSR count). The Morgan fingerprint density at radius 1 is 0.205 bits per heavy atom. The molecule has 0 fully saturated rings. The second kappa shape index (κ2) is 28.0. The summed E-state index contributed by atoms with van der Waals surface area (Å²) in [7, 11) is 0. The molecule has 550 valence electrons. The lowest BCUT2D eigenvalue weighted by Crippen LogP contribution is -2.10. The minimum absolute atomic E-state index is 0.0228. The number of furan rings is 3. The Morgan fingerprint density at radius 3 is 1.05 bits per heavy atom. The molecule has 21 aromatic carbocycles. The standard InChI is InChI=1S/C40H24O.C38H24O.C36H28O/c1-2-13-26-25(12-1)24-35(28-15-4-3-14-27(26)28)39-31-18-7-5-16-29(31)38(30-17-6-8-19-32(30)39)34-21-11-23-37-40(34)33-20-9-10-22-36(33)41-37;1-2-11-25(12-3-1)37-30-16-4-6-18-32(30)38(33-19-7-5-17-31(33)37)28-14-10-13-26(23-28)27-21-22-36-34(24-27)29-15-8-9-20-35(29)39-36;1-36(2,3)25-18-20-33-31(22-25)30-21-24(17-19-32(30)37-33)35-28-15-9-7-13-26(28)34(23-11-5-4-6-12-23)27-14-8-10-16-29(27)35/h1-24H;1-24H;4-22H,1-3H3/i1D,2D,3D,4D,5D,6D,7D,8D,12D,13D,14D,15D,16D,17D,18D,19D,24D;4D,5D,6D,7D,16D,17D,18D,19D;7D,8D,9D,10D,13D,14D,15D,16D. The topological polar surface area (TPSA) is 39.4 Å². The van der Waals surface area contributed by atoms with Crippen LogP contribution in [0.2, 0.25) is 0 Å². The van der Waals surface area contributed by atoms with E-state index in [1.807, 2.05) is 103 Å². The number of rotatable bonds is 7. The van der Waals surface area contributed by atoms with E-state index in [9.17, 15) is 8.22 Å². The van der Waals surface area contributed by atoms with Gasteiger partial charge in [0, 0.05) is 32.3 Å². The van der Waals surface area contributed by atoms with E-state index in [1.54, 1.807) is 97.1 Å². The van der Waals surface area contributed by atoms with Crippen molar-refractivity contribution in [3.05, 3.63) is 411 Å². The average Bonchev–Trinajstić information content (AvgIpc) is 1.52. The lowest BCUT2D eigenvalue weighted by atomic mass is 9.83. The van der Waals surface area contributed by atoms with Crippen molar-refractivity contribution in [3.8, 4) is 77.9 Å². The van der Waals surface area contributed by atoms with Crippen LogP contribution in [0.15, 0.2) is 419 Å². The second-order valence-electron chi connectivity index (χ2n) is 29.4. The molecule has 0 atom stereocenters. The van der Waals surface area contributed by atoms with E-state index in [4.69, 9.17) is 50.3 Å². The molecule has 0 saturated carbocycles. The largest absolute Gasteiger partial charge is 0.456 e. The quantitative estimate of drug-likeness (QED) is 0.118. The maximum atomic E-state index is 9.74. The Labute approximate surface area is 723 Å². The Hall–Kier alpha value is -14.9. The predicted octanol–water partition coefficient (Wildman–Crippen LogP) is 33.0. The van der Waals surface area contributed by atoms with Gasteiger partial charge in [0.1, 0.15) is 33.5 Å². The molecule has 0 aliphatic carbocycles. The third-order valence-electron chi connectivity index (χ3n) is 21.8. The van der Waals surface area contributed by atoms with Gasteiger partial charge in [-0.2, -0.15) is 0 Å². The van der Waals surface area contributed by atoms with Gasteiger partial charge in [0.2, 0.25) is 0 Å². The number of benzene rings is 21. The second-order valence-corrected chi connectivity index (χ2v) is 29.4. The molecular weight excluding hydrogens is 1420 g/mol. The molecule has 0 bridgehead atoms. The van der Waals surface area contributed by atoms with Crippen LogP contribution in [-0.4, -0.2) is 0 Å². The van der Waals surface area contributed by atoms with Gasteiger partial charge < -0.3 is 13.3 Å². The SMILES string of the molecule is [2H]c1c([2H])c([2H])c2c(-c3ccc4oc5ccc(C(C)(C)C)cc5c4c3)c3c([2H])c([2H])c([2H])c([2H])c3c(-c3ccccc3)c2c1[2H].[2H]c1c([2H])c([2H])c2c(-c3cccc(-c4ccc5oc6ccccc6c5c4)c3)c3c([2H])c([2H])c([2H])c([2H])c3c(-c3ccccc3)c2c1[2H].[2H]c1c([2H])c([2H])c2c(-c3cccc4oc5ccccc5c34)c3c([2H])c([2H])c([2H])c([2H])c3c(-c3c([2H])c4c([2H])c([2H])c([2H])c([2H])c4c4c([2H])c([2H])c([2H])c([2H])c34)c2c1[2H]. The monoisotopic (exact) mass is 1530 g/mol. The summed E-state index contributed by atoms with van der Waals surface area (Å²) in [6, 6.07) is 45.0. The number of hydrogen-bond acceptors (Lipinski definition) is 3. The van der Waals surface area contributed by atoms with Crippen LogP contribution in [0.25, 0.3) is 230 Å². The van der Waals surface area contributed by atoms with Crippen LogP contribution in [0.4, 0.5) is 0 Å². The molecule has 3 heterocycles. The minimum Gasteiger partial charge on any atom is -0.456 e. The van der Waals surface area contributed by atoms with Crippen LogP contribution in [0, 0.1) is 0 Å². The summed E-state index contributed by atoms with van der Waals surface area (Å²) >= 11 is 0. The molecule has 0 radical (unpaired) electrons. The molecule has 3 nitrogen and oxygen atoms in total. The Morgan fingerprint density at radius 2 is 0.530 bits per heavy atom. The van der Waals surface area contributed by atoms with Gasteiger partial charge >= 0.3 is 0 Å². The van der Waals surface area contributed by atoms with Crippen LogP contribution in [-0.2, 0) is 5.41 Å². The van der Waals surface area contributed by atoms with Crippen molar-refractivity contribution in [2.75, 3.05) is 0 Å². The third kappa shape index (κ3) is 11.6. The van der Waals surface area contributed by atoms with Crippen LogP contribution in [0.5, 0.6) is 0 Å². The van der Waals surface area contributed by atoms with Crippen LogP contribution in [0.1, 0.15) is 71.6 Å². The Bertz CT molecular complexity index is 9990. The van der Waals surface area contributed by atoms with E-state index in [-0.39, 0.29) is 130 Å². The summed E-state index contributed by atoms with van der Waals surface area (Å²) in [5.74, 6) is 0. The molecule has 0 saturated heterocycles. The zero-order valence-corrected chi connectivity index (χ0v) is 62.4. The maximum Gasteiger partial charge on any atom is 0.136 e. The van der Waals surface area contributed by atoms with Crippen molar-refractivity contribution in [1.82, 2.24) is 0 Å². The van der Waals surface area contributed by atoms with Gasteiger partial charge in [-0.3, -0.25) is 0 Å². The molecule has 0 aliphatic heterocycles. The van der Waals surface area contributed by atoms with E-state index in [2.05, 4.69) is 26.8 Å². The molecule has 0 spiro atoms. The summed E-state index contributed by atoms with van der Waals surface area (Å²) in [6.07, 6.45) is 0. The molecule has 117 heavy (non-hydrogen) atoms. The van der Waals surface area contributed by atoms with E-state index in [1.165, 1.54) is 0 Å². The summed E-state index contributed by atoms with van der Waals surface area (Å²) < 4.78 is 313. The van der Waals surface area contributed by atoms with Crippen LogP contribution in [0.3, 0.4) is 0 Å². The summed E-state index contributed by atoms with van der Waals surface area (Å²) in [5, 5.41) is 3.35. The predicted molar refractivity (Wildman–Crippen MR) is 498 cm³/mol. The van der Waals surface area contributed by atoms with Gasteiger partial charge in [-0.05, 0) is 242 Å². The van der Waals surface area contributed by atoms with E-state index < -0.39 is 184 Å². The fourth-order valence-corrected chi connectivity index (χ4v) is 16.6.